The molecule has 0 fully saturated rings. The number of nitrogens with zero attached hydrogens (tertiary/aromatic N) is 1. The normalized spacial score (nSPS) is 9.88. The van der Waals surface area contributed by atoms with Crippen molar-refractivity contribution >= 4 is 45.2 Å². The summed E-state index contributed by atoms with van der Waals surface area (Å²) in [4.78, 5) is 0. The van der Waals surface area contributed by atoms with Gasteiger partial charge in [-0.1, -0.05) is 0 Å². The van der Waals surface area contributed by atoms with Gasteiger partial charge in [0.1, 0.15) is 3.70 Å². The summed E-state index contributed by atoms with van der Waals surface area (Å²) in [6, 6.07) is 0. The van der Waals surface area contributed by atoms with Crippen molar-refractivity contribution in [2.75, 3.05) is 0 Å². The molecule has 1 heterocycles. The van der Waals surface area contributed by atoms with Crippen LogP contribution in [0.3, 0.4) is 0 Å². The van der Waals surface area contributed by atoms with Crippen LogP contribution in [0, 0.1) is 14.3 Å². The van der Waals surface area contributed by atoms with E-state index in [-0.39, 0.29) is 0 Å². The Kier molecular flexibility index (Phi) is 2.13. The second kappa shape index (κ2) is 2.51. The minimum atomic E-state index is 1.06. The van der Waals surface area contributed by atoms with E-state index in [4.69, 9.17) is 0 Å². The molecule has 0 bridgehead atoms. The third-order valence-corrected chi connectivity index (χ3v) is 2.99. The second-order valence-electron chi connectivity index (χ2n) is 1.45. The highest BCUT2D eigenvalue weighted by atomic mass is 127. The number of halogens is 2. The fourth-order valence-electron chi connectivity index (χ4n) is 0.356. The number of hydrogen-bond donors (Lipinski definition) is 1. The van der Waals surface area contributed by atoms with E-state index in [9.17, 15) is 0 Å². The molecule has 0 amide bonds. The lowest BCUT2D eigenvalue weighted by Gasteiger charge is -1.80. The van der Waals surface area contributed by atoms with Gasteiger partial charge in [-0.15, -0.1) is 0 Å². The summed E-state index contributed by atoms with van der Waals surface area (Å²) in [6.07, 6.45) is 0. The van der Waals surface area contributed by atoms with Crippen molar-refractivity contribution < 1.29 is 0 Å². The summed E-state index contributed by atoms with van der Waals surface area (Å²) in [6.45, 7) is 2.05. The predicted molar refractivity (Wildman–Crippen MR) is 48.8 cm³/mol. The van der Waals surface area contributed by atoms with E-state index >= 15 is 0 Å². The maximum Gasteiger partial charge on any atom is 0.127 e. The molecule has 0 aliphatic carbocycles. The van der Waals surface area contributed by atoms with Crippen molar-refractivity contribution in [2.45, 2.75) is 6.92 Å². The highest BCUT2D eigenvalue weighted by molar-refractivity contribution is 14.1. The van der Waals surface area contributed by atoms with Crippen LogP contribution in [0.1, 0.15) is 5.56 Å². The largest absolute Gasteiger partial charge is 0.271 e. The lowest BCUT2D eigenvalue weighted by molar-refractivity contribution is 1.05. The molecular formula is C4H4I2N2. The van der Waals surface area contributed by atoms with Crippen LogP contribution in [0.5, 0.6) is 0 Å². The summed E-state index contributed by atoms with van der Waals surface area (Å²) < 4.78 is 2.19. The van der Waals surface area contributed by atoms with Gasteiger partial charge < -0.3 is 0 Å². The van der Waals surface area contributed by atoms with E-state index in [1.54, 1.807) is 0 Å². The lowest BCUT2D eigenvalue weighted by Crippen LogP contribution is -1.71. The molecule has 0 spiro atoms. The fourth-order valence-corrected chi connectivity index (χ4v) is 1.64. The molecule has 4 heteroatoms. The van der Waals surface area contributed by atoms with Crippen molar-refractivity contribution in [1.82, 2.24) is 10.2 Å². The Morgan fingerprint density at radius 2 is 2.12 bits per heavy atom. The number of aromatic amines is 1. The van der Waals surface area contributed by atoms with E-state index in [0.29, 0.717) is 0 Å². The molecule has 0 saturated carbocycles. The molecule has 0 saturated heterocycles. The first kappa shape index (κ1) is 6.79. The van der Waals surface area contributed by atoms with Gasteiger partial charge in [-0.3, -0.25) is 5.10 Å². The Morgan fingerprint density at radius 1 is 1.50 bits per heavy atom. The third-order valence-electron chi connectivity index (χ3n) is 0.891. The highest BCUT2D eigenvalue weighted by Crippen LogP contribution is 2.12. The first-order valence-electron chi connectivity index (χ1n) is 2.08. The first-order chi connectivity index (χ1) is 3.72. The first-order valence-corrected chi connectivity index (χ1v) is 4.23. The SMILES string of the molecule is Cc1c(I)n[nH]c1I. The van der Waals surface area contributed by atoms with Crippen LogP contribution in [0.2, 0.25) is 0 Å². The summed E-state index contributed by atoms with van der Waals surface area (Å²) >= 11 is 4.42. The monoisotopic (exact) mass is 334 g/mol. The minimum Gasteiger partial charge on any atom is -0.271 e. The molecule has 0 aliphatic heterocycles. The van der Waals surface area contributed by atoms with E-state index in [1.807, 2.05) is 6.92 Å². The van der Waals surface area contributed by atoms with E-state index in [1.165, 1.54) is 5.56 Å². The number of nitrogens with one attached hydrogen (secondary N) is 1. The Bertz CT molecular complexity index is 174. The zero-order valence-electron chi connectivity index (χ0n) is 4.20. The van der Waals surface area contributed by atoms with Crippen LogP contribution < -0.4 is 0 Å². The molecule has 0 unspecified atom stereocenters. The Morgan fingerprint density at radius 3 is 2.25 bits per heavy atom. The topological polar surface area (TPSA) is 28.7 Å². The van der Waals surface area contributed by atoms with Crippen LogP contribution in [-0.4, -0.2) is 10.2 Å². The molecule has 1 rings (SSSR count). The molecule has 0 atom stereocenters. The van der Waals surface area contributed by atoms with Crippen LogP contribution in [-0.2, 0) is 0 Å². The zero-order valence-corrected chi connectivity index (χ0v) is 8.52. The van der Waals surface area contributed by atoms with Gasteiger partial charge in [0.2, 0.25) is 0 Å². The van der Waals surface area contributed by atoms with Crippen molar-refractivity contribution in [3.63, 3.8) is 0 Å². The molecule has 8 heavy (non-hydrogen) atoms. The van der Waals surface area contributed by atoms with Crippen LogP contribution in [0.25, 0.3) is 0 Å². The van der Waals surface area contributed by atoms with Crippen molar-refractivity contribution in [3.8, 4) is 0 Å². The van der Waals surface area contributed by atoms with Crippen LogP contribution in [0.4, 0.5) is 0 Å². The average Bonchev–Trinajstić information content (AvgIpc) is 1.98. The molecule has 44 valence electrons. The van der Waals surface area contributed by atoms with Gasteiger partial charge >= 0.3 is 0 Å². The summed E-state index contributed by atoms with van der Waals surface area (Å²) in [5.74, 6) is 0. The maximum atomic E-state index is 3.97. The Balaban J connectivity index is 3.19. The summed E-state index contributed by atoms with van der Waals surface area (Å²) in [5.41, 5.74) is 1.24. The number of H-pyrrole nitrogens is 1. The molecule has 1 aromatic rings. The van der Waals surface area contributed by atoms with Crippen molar-refractivity contribution in [1.29, 1.82) is 0 Å². The van der Waals surface area contributed by atoms with Gasteiger partial charge in [0.05, 0.1) is 3.70 Å². The average molecular weight is 334 g/mol. The number of rotatable bonds is 0. The summed E-state index contributed by atoms with van der Waals surface area (Å²) in [5, 5.41) is 6.84. The fraction of sp³-hybridized carbons (Fsp3) is 0.250. The Hall–Kier alpha value is 0.670. The number of aromatic nitrogens is 2. The smallest absolute Gasteiger partial charge is 0.127 e. The van der Waals surface area contributed by atoms with Gasteiger partial charge in [0.25, 0.3) is 0 Å². The molecule has 0 aromatic carbocycles. The van der Waals surface area contributed by atoms with Gasteiger partial charge in [-0.25, -0.2) is 0 Å². The van der Waals surface area contributed by atoms with Crippen LogP contribution in [0.15, 0.2) is 0 Å². The molecule has 0 radical (unpaired) electrons. The second-order valence-corrected chi connectivity index (χ2v) is 3.55. The van der Waals surface area contributed by atoms with Crippen LogP contribution >= 0.6 is 45.2 Å². The summed E-state index contributed by atoms with van der Waals surface area (Å²) in [7, 11) is 0. The van der Waals surface area contributed by atoms with Gasteiger partial charge in [-0.05, 0) is 52.1 Å². The van der Waals surface area contributed by atoms with E-state index in [0.717, 1.165) is 7.40 Å². The zero-order chi connectivity index (χ0) is 6.15. The van der Waals surface area contributed by atoms with Crippen molar-refractivity contribution in [3.05, 3.63) is 13.0 Å². The molecular weight excluding hydrogens is 330 g/mol. The van der Waals surface area contributed by atoms with E-state index in [2.05, 4.69) is 55.4 Å². The minimum absolute atomic E-state index is 1.06. The highest BCUT2D eigenvalue weighted by Gasteiger charge is 1.99. The molecule has 2 nitrogen and oxygen atoms in total. The van der Waals surface area contributed by atoms with Crippen molar-refractivity contribution in [2.24, 2.45) is 0 Å². The quantitative estimate of drug-likeness (QED) is 0.722. The lowest BCUT2D eigenvalue weighted by atomic mass is 10.4. The molecule has 1 aromatic heterocycles. The maximum absolute atomic E-state index is 3.97. The van der Waals surface area contributed by atoms with Gasteiger partial charge in [0, 0.05) is 5.56 Å². The van der Waals surface area contributed by atoms with Gasteiger partial charge in [0.15, 0.2) is 0 Å². The van der Waals surface area contributed by atoms with E-state index < -0.39 is 0 Å². The standard InChI is InChI=1S/C4H4I2N2/c1-2-3(5)7-8-4(2)6/h1H3,(H,7,8). The molecule has 0 aliphatic rings. The molecule has 1 N–H and O–H groups in total. The number of hydrogen-bond acceptors (Lipinski definition) is 1. The van der Waals surface area contributed by atoms with Gasteiger partial charge in [-0.2, -0.15) is 5.10 Å². The predicted octanol–water partition coefficient (Wildman–Crippen LogP) is 1.93. The Labute approximate surface area is 74.7 Å². The third kappa shape index (κ3) is 1.15.